The van der Waals surface area contributed by atoms with E-state index in [0.717, 1.165) is 20.3 Å². The lowest BCUT2D eigenvalue weighted by atomic mass is 10.0. The molecule has 0 N–H and O–H groups in total. The zero-order valence-corrected chi connectivity index (χ0v) is 9.67. The van der Waals surface area contributed by atoms with Crippen LogP contribution in [0.25, 0.3) is 0 Å². The molecule has 0 aliphatic rings. The molecule has 0 aliphatic heterocycles. The first-order valence-electron chi connectivity index (χ1n) is 3.59. The van der Waals surface area contributed by atoms with Gasteiger partial charge in [0.15, 0.2) is 0 Å². The van der Waals surface area contributed by atoms with Gasteiger partial charge in [0.1, 0.15) is 6.29 Å². The van der Waals surface area contributed by atoms with Gasteiger partial charge in [-0.25, -0.2) is 0 Å². The Bertz CT molecular complexity index is 299. The smallest absolute Gasteiger partial charge is 0.127 e. The van der Waals surface area contributed by atoms with E-state index < -0.39 is 0 Å². The zero-order valence-electron chi connectivity index (χ0n) is 6.62. The lowest BCUT2D eigenvalue weighted by molar-refractivity contribution is -0.108. The Kier molecular flexibility index (Phi) is 3.58. The predicted molar refractivity (Wildman–Crippen MR) is 60.9 cm³/mol. The summed E-state index contributed by atoms with van der Waals surface area (Å²) in [4.78, 5) is 11.5. The van der Waals surface area contributed by atoms with Crippen molar-refractivity contribution in [1.82, 2.24) is 0 Å². The third-order valence-corrected chi connectivity index (χ3v) is 3.71. The molecule has 1 aromatic carbocycles. The lowest BCUT2D eigenvalue weighted by Crippen LogP contribution is -1.97. The van der Waals surface area contributed by atoms with E-state index in [2.05, 4.69) is 35.2 Å². The average Bonchev–Trinajstić information content (AvgIpc) is 2.08. The molecule has 0 saturated heterocycles. The fourth-order valence-electron chi connectivity index (χ4n) is 0.962. The van der Waals surface area contributed by atoms with E-state index in [9.17, 15) is 4.79 Å². The van der Waals surface area contributed by atoms with E-state index in [1.807, 2.05) is 25.1 Å². The van der Waals surface area contributed by atoms with Gasteiger partial charge in [0.2, 0.25) is 0 Å². The molecular formula is C9H9IOS. The molecule has 0 radical (unpaired) electrons. The molecule has 0 aliphatic carbocycles. The number of thiol groups is 1. The maximum atomic E-state index is 10.5. The van der Waals surface area contributed by atoms with Crippen LogP contribution in [0.1, 0.15) is 18.4 Å². The van der Waals surface area contributed by atoms with Crippen LogP contribution in [0.15, 0.2) is 23.1 Å². The van der Waals surface area contributed by atoms with Gasteiger partial charge in [0.25, 0.3) is 0 Å². The summed E-state index contributed by atoms with van der Waals surface area (Å²) in [6.07, 6.45) is 0.949. The number of hydrogen-bond donors (Lipinski definition) is 1. The van der Waals surface area contributed by atoms with Crippen LogP contribution in [0, 0.1) is 3.57 Å². The summed E-state index contributed by atoms with van der Waals surface area (Å²) in [6.45, 7) is 1.89. The number of hydrogen-bond acceptors (Lipinski definition) is 2. The van der Waals surface area contributed by atoms with Gasteiger partial charge in [0, 0.05) is 14.4 Å². The first kappa shape index (κ1) is 10.1. The van der Waals surface area contributed by atoms with Crippen molar-refractivity contribution < 1.29 is 4.79 Å². The molecule has 1 nitrogen and oxygen atoms in total. The third-order valence-electron chi connectivity index (χ3n) is 1.70. The molecule has 0 aromatic heterocycles. The molecule has 0 fully saturated rings. The molecule has 0 heterocycles. The summed E-state index contributed by atoms with van der Waals surface area (Å²) in [5.41, 5.74) is 1.05. The van der Waals surface area contributed by atoms with Crippen LogP contribution in [0.4, 0.5) is 0 Å². The highest BCUT2D eigenvalue weighted by molar-refractivity contribution is 14.1. The number of halogens is 1. The molecule has 64 valence electrons. The molecule has 0 saturated carbocycles. The van der Waals surface area contributed by atoms with Gasteiger partial charge in [-0.15, -0.1) is 12.6 Å². The van der Waals surface area contributed by atoms with Crippen LogP contribution < -0.4 is 0 Å². The largest absolute Gasteiger partial charge is 0.303 e. The summed E-state index contributed by atoms with van der Waals surface area (Å²) < 4.78 is 1.07. The molecule has 0 amide bonds. The number of aldehydes is 1. The molecule has 1 atom stereocenters. The Hall–Kier alpha value is -0.0300. The average molecular weight is 292 g/mol. The Morgan fingerprint density at radius 1 is 1.58 bits per heavy atom. The summed E-state index contributed by atoms with van der Waals surface area (Å²) in [6, 6.07) is 5.80. The Morgan fingerprint density at radius 2 is 2.25 bits per heavy atom. The van der Waals surface area contributed by atoms with Crippen molar-refractivity contribution in [2.24, 2.45) is 0 Å². The molecule has 0 bridgehead atoms. The van der Waals surface area contributed by atoms with Crippen LogP contribution in [0.5, 0.6) is 0 Å². The van der Waals surface area contributed by atoms with Crippen LogP contribution in [0.2, 0.25) is 0 Å². The number of benzene rings is 1. The normalized spacial score (nSPS) is 12.6. The minimum absolute atomic E-state index is 0.0380. The number of carbonyl (C=O) groups is 1. The Labute approximate surface area is 91.1 Å². The fourth-order valence-corrected chi connectivity index (χ4v) is 2.03. The van der Waals surface area contributed by atoms with E-state index in [4.69, 9.17) is 0 Å². The summed E-state index contributed by atoms with van der Waals surface area (Å²) in [5, 5.41) is 0. The van der Waals surface area contributed by atoms with E-state index in [1.165, 1.54) is 0 Å². The van der Waals surface area contributed by atoms with E-state index in [-0.39, 0.29) is 5.92 Å². The van der Waals surface area contributed by atoms with Gasteiger partial charge >= 0.3 is 0 Å². The van der Waals surface area contributed by atoms with E-state index in [1.54, 1.807) is 0 Å². The second kappa shape index (κ2) is 4.28. The van der Waals surface area contributed by atoms with Gasteiger partial charge < -0.3 is 4.79 Å². The summed E-state index contributed by atoms with van der Waals surface area (Å²) in [7, 11) is 0. The van der Waals surface area contributed by atoms with Crippen molar-refractivity contribution in [2.75, 3.05) is 0 Å². The van der Waals surface area contributed by atoms with Crippen LogP contribution in [0.3, 0.4) is 0 Å². The van der Waals surface area contributed by atoms with Crippen molar-refractivity contribution in [3.05, 3.63) is 27.3 Å². The summed E-state index contributed by atoms with van der Waals surface area (Å²) >= 11 is 6.49. The molecular weight excluding hydrogens is 283 g/mol. The second-order valence-corrected chi connectivity index (χ2v) is 4.17. The zero-order chi connectivity index (χ0) is 9.14. The van der Waals surface area contributed by atoms with Gasteiger partial charge in [-0.05, 0) is 34.2 Å². The third kappa shape index (κ3) is 2.01. The van der Waals surface area contributed by atoms with E-state index >= 15 is 0 Å². The van der Waals surface area contributed by atoms with Gasteiger partial charge in [-0.1, -0.05) is 19.1 Å². The first-order chi connectivity index (χ1) is 5.66. The highest BCUT2D eigenvalue weighted by atomic mass is 127. The predicted octanol–water partition coefficient (Wildman–Crippen LogP) is 2.88. The van der Waals surface area contributed by atoms with Crippen molar-refractivity contribution in [1.29, 1.82) is 0 Å². The van der Waals surface area contributed by atoms with Crippen molar-refractivity contribution in [3.8, 4) is 0 Å². The molecule has 3 heteroatoms. The van der Waals surface area contributed by atoms with Crippen LogP contribution in [-0.4, -0.2) is 6.29 Å². The van der Waals surface area contributed by atoms with Gasteiger partial charge in [0.05, 0.1) is 0 Å². The molecule has 12 heavy (non-hydrogen) atoms. The van der Waals surface area contributed by atoms with Crippen LogP contribution >= 0.6 is 35.2 Å². The van der Waals surface area contributed by atoms with Gasteiger partial charge in [-0.3, -0.25) is 0 Å². The van der Waals surface area contributed by atoms with Gasteiger partial charge in [-0.2, -0.15) is 0 Å². The minimum Gasteiger partial charge on any atom is -0.303 e. The minimum atomic E-state index is -0.0380. The monoisotopic (exact) mass is 292 g/mol. The number of carbonyl (C=O) groups excluding carboxylic acids is 1. The highest BCUT2D eigenvalue weighted by Crippen LogP contribution is 2.25. The van der Waals surface area contributed by atoms with Crippen molar-refractivity contribution in [3.63, 3.8) is 0 Å². The standard InChI is InChI=1S/C9H9IOS/c1-6(5-11)7-3-2-4-8(12)9(7)10/h2-6,12H,1H3. The molecule has 1 unspecified atom stereocenters. The van der Waals surface area contributed by atoms with E-state index in [0.29, 0.717) is 0 Å². The maximum absolute atomic E-state index is 10.5. The maximum Gasteiger partial charge on any atom is 0.127 e. The molecule has 1 rings (SSSR count). The molecule has 1 aromatic rings. The molecule has 0 spiro atoms. The highest BCUT2D eigenvalue weighted by Gasteiger charge is 2.08. The second-order valence-electron chi connectivity index (χ2n) is 2.61. The first-order valence-corrected chi connectivity index (χ1v) is 5.12. The Balaban J connectivity index is 3.15. The Morgan fingerprint density at radius 3 is 2.83 bits per heavy atom. The fraction of sp³-hybridized carbons (Fsp3) is 0.222. The lowest BCUT2D eigenvalue weighted by Gasteiger charge is -2.08. The summed E-state index contributed by atoms with van der Waals surface area (Å²) in [5.74, 6) is -0.0380. The van der Waals surface area contributed by atoms with Crippen LogP contribution in [-0.2, 0) is 4.79 Å². The SMILES string of the molecule is CC(C=O)c1cccc(S)c1I. The topological polar surface area (TPSA) is 17.1 Å². The quantitative estimate of drug-likeness (QED) is 0.504. The number of rotatable bonds is 2. The van der Waals surface area contributed by atoms with Crippen molar-refractivity contribution >= 4 is 41.5 Å². The van der Waals surface area contributed by atoms with Crippen molar-refractivity contribution in [2.45, 2.75) is 17.7 Å².